The van der Waals surface area contributed by atoms with Gasteiger partial charge in [0, 0.05) is 18.5 Å². The van der Waals surface area contributed by atoms with E-state index in [0.29, 0.717) is 5.56 Å². The molecule has 138 valence electrons. The summed E-state index contributed by atoms with van der Waals surface area (Å²) in [7, 11) is 0. The zero-order chi connectivity index (χ0) is 18.9. The Morgan fingerprint density at radius 2 is 1.81 bits per heavy atom. The van der Waals surface area contributed by atoms with Crippen molar-refractivity contribution in [2.75, 3.05) is 13.2 Å². The molecule has 1 atom stereocenters. The number of carbonyl (C=O) groups excluding carboxylic acids is 2. The van der Waals surface area contributed by atoms with Crippen molar-refractivity contribution in [1.82, 2.24) is 10.6 Å². The number of amides is 2. The number of aryl methyl sites for hydroxylation is 1. The Labute approximate surface area is 152 Å². The van der Waals surface area contributed by atoms with Gasteiger partial charge in [0.25, 0.3) is 5.91 Å². The van der Waals surface area contributed by atoms with Crippen molar-refractivity contribution >= 4 is 11.8 Å². The molecule has 0 heterocycles. The average molecular weight is 358 g/mol. The molecular formula is C20H23FN2O3. The first kappa shape index (κ1) is 19.4. The SMILES string of the molecule is Cc1ccccc1C(=O)NCCC(=O)NC(C)COc1ccccc1F. The Balaban J connectivity index is 1.69. The Hall–Kier alpha value is -2.89. The van der Waals surface area contributed by atoms with Gasteiger partial charge in [-0.25, -0.2) is 4.39 Å². The Morgan fingerprint density at radius 3 is 2.54 bits per heavy atom. The van der Waals surface area contributed by atoms with Gasteiger partial charge >= 0.3 is 0 Å². The second-order valence-corrected chi connectivity index (χ2v) is 6.03. The fourth-order valence-corrected chi connectivity index (χ4v) is 2.38. The minimum atomic E-state index is -0.440. The number of rotatable bonds is 8. The van der Waals surface area contributed by atoms with Crippen molar-refractivity contribution in [3.05, 3.63) is 65.5 Å². The van der Waals surface area contributed by atoms with Crippen molar-refractivity contribution in [1.29, 1.82) is 0 Å². The molecule has 0 radical (unpaired) electrons. The number of hydrogen-bond acceptors (Lipinski definition) is 3. The predicted molar refractivity (Wildman–Crippen MR) is 97.6 cm³/mol. The Morgan fingerprint density at radius 1 is 1.12 bits per heavy atom. The van der Waals surface area contributed by atoms with Gasteiger partial charge in [0.15, 0.2) is 11.6 Å². The number of nitrogens with one attached hydrogen (secondary N) is 2. The van der Waals surface area contributed by atoms with E-state index in [1.54, 1.807) is 31.2 Å². The van der Waals surface area contributed by atoms with E-state index in [4.69, 9.17) is 4.74 Å². The van der Waals surface area contributed by atoms with Gasteiger partial charge in [-0.1, -0.05) is 30.3 Å². The van der Waals surface area contributed by atoms with E-state index < -0.39 is 5.82 Å². The largest absolute Gasteiger partial charge is 0.488 e. The van der Waals surface area contributed by atoms with Crippen LogP contribution in [0.2, 0.25) is 0 Å². The summed E-state index contributed by atoms with van der Waals surface area (Å²) in [6.45, 7) is 4.02. The van der Waals surface area contributed by atoms with Gasteiger partial charge in [0.05, 0.1) is 6.04 Å². The average Bonchev–Trinajstić information content (AvgIpc) is 2.61. The zero-order valence-electron chi connectivity index (χ0n) is 14.9. The highest BCUT2D eigenvalue weighted by atomic mass is 19.1. The van der Waals surface area contributed by atoms with Crippen molar-refractivity contribution in [3.8, 4) is 5.75 Å². The topological polar surface area (TPSA) is 67.4 Å². The number of para-hydroxylation sites is 1. The quantitative estimate of drug-likeness (QED) is 0.762. The molecule has 0 aliphatic carbocycles. The normalized spacial score (nSPS) is 11.5. The van der Waals surface area contributed by atoms with E-state index in [1.165, 1.54) is 12.1 Å². The van der Waals surface area contributed by atoms with Gasteiger partial charge in [-0.3, -0.25) is 9.59 Å². The van der Waals surface area contributed by atoms with Crippen LogP contribution in [0.1, 0.15) is 29.3 Å². The van der Waals surface area contributed by atoms with E-state index in [-0.39, 0.29) is 43.2 Å². The molecule has 0 aliphatic heterocycles. The van der Waals surface area contributed by atoms with E-state index >= 15 is 0 Å². The summed E-state index contributed by atoms with van der Waals surface area (Å²) in [6.07, 6.45) is 0.154. The molecule has 2 aromatic carbocycles. The first-order valence-corrected chi connectivity index (χ1v) is 8.48. The minimum absolute atomic E-state index is 0.152. The summed E-state index contributed by atoms with van der Waals surface area (Å²) < 4.78 is 18.8. The van der Waals surface area contributed by atoms with Gasteiger partial charge in [-0.15, -0.1) is 0 Å². The van der Waals surface area contributed by atoms with Gasteiger partial charge < -0.3 is 15.4 Å². The van der Waals surface area contributed by atoms with Crippen LogP contribution in [0.25, 0.3) is 0 Å². The third-order valence-corrected chi connectivity index (χ3v) is 3.76. The van der Waals surface area contributed by atoms with Crippen molar-refractivity contribution < 1.29 is 18.7 Å². The maximum absolute atomic E-state index is 13.5. The number of hydrogen-bond donors (Lipinski definition) is 2. The van der Waals surface area contributed by atoms with Gasteiger partial charge in [-0.2, -0.15) is 0 Å². The lowest BCUT2D eigenvalue weighted by atomic mass is 10.1. The minimum Gasteiger partial charge on any atom is -0.488 e. The monoisotopic (exact) mass is 358 g/mol. The number of halogens is 1. The molecule has 2 rings (SSSR count). The summed E-state index contributed by atoms with van der Waals surface area (Å²) >= 11 is 0. The molecule has 0 saturated heterocycles. The molecule has 0 saturated carbocycles. The van der Waals surface area contributed by atoms with Crippen LogP contribution >= 0.6 is 0 Å². The van der Waals surface area contributed by atoms with Crippen LogP contribution in [-0.4, -0.2) is 31.0 Å². The smallest absolute Gasteiger partial charge is 0.251 e. The summed E-state index contributed by atoms with van der Waals surface area (Å²) in [4.78, 5) is 24.0. The molecule has 1 unspecified atom stereocenters. The van der Waals surface area contributed by atoms with Crippen LogP contribution in [0.3, 0.4) is 0 Å². The van der Waals surface area contributed by atoms with E-state index in [0.717, 1.165) is 5.56 Å². The Bertz CT molecular complexity index is 764. The van der Waals surface area contributed by atoms with Crippen molar-refractivity contribution in [2.45, 2.75) is 26.3 Å². The lowest BCUT2D eigenvalue weighted by Crippen LogP contribution is -2.38. The molecule has 5 nitrogen and oxygen atoms in total. The van der Waals surface area contributed by atoms with Gasteiger partial charge in [0.2, 0.25) is 5.91 Å². The first-order chi connectivity index (χ1) is 12.5. The number of benzene rings is 2. The Kier molecular flexibility index (Phi) is 7.14. The van der Waals surface area contributed by atoms with Gasteiger partial charge in [0.1, 0.15) is 6.61 Å². The van der Waals surface area contributed by atoms with Crippen LogP contribution in [0.4, 0.5) is 4.39 Å². The van der Waals surface area contributed by atoms with Gasteiger partial charge in [-0.05, 0) is 37.6 Å². The molecule has 2 aromatic rings. The number of carbonyl (C=O) groups is 2. The molecule has 6 heteroatoms. The molecule has 0 aliphatic rings. The van der Waals surface area contributed by atoms with Crippen molar-refractivity contribution in [3.63, 3.8) is 0 Å². The van der Waals surface area contributed by atoms with Crippen LogP contribution < -0.4 is 15.4 Å². The zero-order valence-corrected chi connectivity index (χ0v) is 14.9. The fourth-order valence-electron chi connectivity index (χ4n) is 2.38. The third kappa shape index (κ3) is 5.88. The molecule has 0 spiro atoms. The lowest BCUT2D eigenvalue weighted by Gasteiger charge is -2.15. The highest BCUT2D eigenvalue weighted by molar-refractivity contribution is 5.95. The van der Waals surface area contributed by atoms with E-state index in [1.807, 2.05) is 19.1 Å². The predicted octanol–water partition coefficient (Wildman–Crippen LogP) is 2.84. The summed E-state index contributed by atoms with van der Waals surface area (Å²) in [5.74, 6) is -0.699. The first-order valence-electron chi connectivity index (χ1n) is 8.48. The molecule has 26 heavy (non-hydrogen) atoms. The standard InChI is InChI=1S/C20H23FN2O3/c1-14-7-3-4-8-16(14)20(25)22-12-11-19(24)23-15(2)13-26-18-10-6-5-9-17(18)21/h3-10,15H,11-13H2,1-2H3,(H,22,25)(H,23,24). The van der Waals surface area contributed by atoms with E-state index in [2.05, 4.69) is 10.6 Å². The van der Waals surface area contributed by atoms with Crippen LogP contribution in [0.15, 0.2) is 48.5 Å². The van der Waals surface area contributed by atoms with Crippen molar-refractivity contribution in [2.24, 2.45) is 0 Å². The molecule has 0 aromatic heterocycles. The number of ether oxygens (including phenoxy) is 1. The summed E-state index contributed by atoms with van der Waals surface area (Å²) in [5, 5.41) is 5.49. The maximum atomic E-state index is 13.5. The second-order valence-electron chi connectivity index (χ2n) is 6.03. The fraction of sp³-hybridized carbons (Fsp3) is 0.300. The molecule has 2 amide bonds. The summed E-state index contributed by atoms with van der Waals surface area (Å²) in [5.41, 5.74) is 1.48. The highest BCUT2D eigenvalue weighted by Crippen LogP contribution is 2.15. The van der Waals surface area contributed by atoms with Crippen LogP contribution in [0.5, 0.6) is 5.75 Å². The van der Waals surface area contributed by atoms with E-state index in [9.17, 15) is 14.0 Å². The summed E-state index contributed by atoms with van der Waals surface area (Å²) in [6, 6.07) is 13.1. The second kappa shape index (κ2) is 9.56. The van der Waals surface area contributed by atoms with Crippen LogP contribution in [0, 0.1) is 12.7 Å². The third-order valence-electron chi connectivity index (χ3n) is 3.76. The molecule has 2 N–H and O–H groups in total. The molecular weight excluding hydrogens is 335 g/mol. The maximum Gasteiger partial charge on any atom is 0.251 e. The molecule has 0 bridgehead atoms. The van der Waals surface area contributed by atoms with Crippen LogP contribution in [-0.2, 0) is 4.79 Å². The lowest BCUT2D eigenvalue weighted by molar-refractivity contribution is -0.121. The molecule has 0 fully saturated rings. The highest BCUT2D eigenvalue weighted by Gasteiger charge is 2.11.